The average Bonchev–Trinajstić information content (AvgIpc) is 2.30. The lowest BCUT2D eigenvalue weighted by Gasteiger charge is -2.23. The number of hydrogen-bond acceptors (Lipinski definition) is 3. The number of halogens is 1. The van der Waals surface area contributed by atoms with E-state index >= 15 is 0 Å². The number of nitrogens with zero attached hydrogens (tertiary/aromatic N) is 1. The van der Waals surface area contributed by atoms with Crippen LogP contribution in [0.5, 0.6) is 5.75 Å². The highest BCUT2D eigenvalue weighted by Gasteiger charge is 2.29. The van der Waals surface area contributed by atoms with Crippen molar-refractivity contribution in [2.45, 2.75) is 6.04 Å². The van der Waals surface area contributed by atoms with E-state index in [1.165, 1.54) is 14.2 Å². The van der Waals surface area contributed by atoms with Crippen molar-refractivity contribution < 1.29 is 19.4 Å². The van der Waals surface area contributed by atoms with Crippen molar-refractivity contribution in [2.24, 2.45) is 0 Å². The number of aliphatic carboxylic acids is 1. The summed E-state index contributed by atoms with van der Waals surface area (Å²) >= 11 is 5.96. The molecule has 0 aliphatic rings. The number of carbonyl (C=O) groups excluding carboxylic acids is 1. The molecular formula is C11H12ClNO4. The summed E-state index contributed by atoms with van der Waals surface area (Å²) in [5.41, 5.74) is 0.263. The van der Waals surface area contributed by atoms with Crippen LogP contribution in [0.3, 0.4) is 0 Å². The van der Waals surface area contributed by atoms with E-state index < -0.39 is 12.0 Å². The second-order valence-electron chi connectivity index (χ2n) is 3.37. The number of carboxylic acid groups (broad SMARTS) is 1. The highest BCUT2D eigenvalue weighted by molar-refractivity contribution is 6.31. The molecule has 0 bridgehead atoms. The van der Waals surface area contributed by atoms with E-state index in [0.717, 1.165) is 4.90 Å². The maximum absolute atomic E-state index is 11.2. The molecule has 5 nitrogen and oxygen atoms in total. The first-order chi connectivity index (χ1) is 8.02. The second-order valence-corrected chi connectivity index (χ2v) is 3.77. The van der Waals surface area contributed by atoms with Crippen LogP contribution in [-0.2, 0) is 9.59 Å². The van der Waals surface area contributed by atoms with Crippen LogP contribution in [0.25, 0.3) is 0 Å². The molecule has 1 aromatic rings. The van der Waals surface area contributed by atoms with Crippen LogP contribution < -0.4 is 4.74 Å². The Labute approximate surface area is 104 Å². The van der Waals surface area contributed by atoms with Gasteiger partial charge in [-0.15, -0.1) is 0 Å². The minimum absolute atomic E-state index is 0.241. The number of rotatable bonds is 5. The third kappa shape index (κ3) is 2.68. The van der Waals surface area contributed by atoms with E-state index in [1.54, 1.807) is 18.2 Å². The van der Waals surface area contributed by atoms with Crippen molar-refractivity contribution in [1.82, 2.24) is 4.90 Å². The number of hydrogen-bond donors (Lipinski definition) is 1. The fourth-order valence-electron chi connectivity index (χ4n) is 1.52. The molecule has 1 rings (SSSR count). The number of likely N-dealkylation sites (N-methyl/N-ethyl adjacent to an activating group) is 1. The van der Waals surface area contributed by atoms with E-state index in [0.29, 0.717) is 12.2 Å². The van der Waals surface area contributed by atoms with Gasteiger partial charge in [-0.05, 0) is 12.1 Å². The minimum Gasteiger partial charge on any atom is -0.496 e. The van der Waals surface area contributed by atoms with Crippen molar-refractivity contribution >= 4 is 24.0 Å². The van der Waals surface area contributed by atoms with Crippen LogP contribution in [-0.4, -0.2) is 36.5 Å². The van der Waals surface area contributed by atoms with Crippen LogP contribution in [0.2, 0.25) is 5.02 Å². The van der Waals surface area contributed by atoms with Gasteiger partial charge in [-0.1, -0.05) is 17.7 Å². The van der Waals surface area contributed by atoms with Gasteiger partial charge in [0.2, 0.25) is 6.41 Å². The van der Waals surface area contributed by atoms with Crippen molar-refractivity contribution in [3.05, 3.63) is 28.8 Å². The van der Waals surface area contributed by atoms with E-state index in [1.807, 2.05) is 0 Å². The summed E-state index contributed by atoms with van der Waals surface area (Å²) in [5, 5.41) is 9.40. The molecule has 0 radical (unpaired) electrons. The van der Waals surface area contributed by atoms with Crippen LogP contribution in [0, 0.1) is 0 Å². The maximum atomic E-state index is 11.2. The molecular weight excluding hydrogens is 246 g/mol. The van der Waals surface area contributed by atoms with Gasteiger partial charge in [0.1, 0.15) is 5.75 Å². The molecule has 0 aliphatic heterocycles. The van der Waals surface area contributed by atoms with E-state index in [-0.39, 0.29) is 10.6 Å². The molecule has 1 aromatic carbocycles. The van der Waals surface area contributed by atoms with Gasteiger partial charge in [-0.25, -0.2) is 4.79 Å². The minimum atomic E-state index is -1.18. The van der Waals surface area contributed by atoms with Gasteiger partial charge in [0.15, 0.2) is 6.04 Å². The number of ether oxygens (including phenoxy) is 1. The molecule has 17 heavy (non-hydrogen) atoms. The summed E-state index contributed by atoms with van der Waals surface area (Å²) in [6.07, 6.45) is 0.432. The Morgan fingerprint density at radius 2 is 2.24 bits per heavy atom. The predicted molar refractivity (Wildman–Crippen MR) is 62.2 cm³/mol. The topological polar surface area (TPSA) is 66.8 Å². The first-order valence-electron chi connectivity index (χ1n) is 4.75. The fourth-order valence-corrected chi connectivity index (χ4v) is 1.79. The van der Waals surface area contributed by atoms with E-state index in [4.69, 9.17) is 21.4 Å². The van der Waals surface area contributed by atoms with Crippen LogP contribution >= 0.6 is 11.6 Å². The first-order valence-corrected chi connectivity index (χ1v) is 5.13. The number of benzene rings is 1. The van der Waals surface area contributed by atoms with Gasteiger partial charge in [-0.2, -0.15) is 0 Å². The number of methoxy groups -OCH3 is 1. The zero-order valence-electron chi connectivity index (χ0n) is 9.38. The van der Waals surface area contributed by atoms with Crippen LogP contribution in [0.1, 0.15) is 11.6 Å². The molecule has 1 atom stereocenters. The van der Waals surface area contributed by atoms with Gasteiger partial charge >= 0.3 is 5.97 Å². The molecule has 0 aromatic heterocycles. The third-order valence-corrected chi connectivity index (χ3v) is 2.64. The second kappa shape index (κ2) is 5.54. The molecule has 0 saturated heterocycles. The summed E-state index contributed by atoms with van der Waals surface area (Å²) in [7, 11) is 2.78. The number of amides is 1. The normalized spacial score (nSPS) is 11.7. The number of carboxylic acids is 1. The molecule has 1 N–H and O–H groups in total. The molecule has 0 spiro atoms. The van der Waals surface area contributed by atoms with Gasteiger partial charge in [0, 0.05) is 12.6 Å². The largest absolute Gasteiger partial charge is 0.496 e. The molecule has 1 unspecified atom stereocenters. The van der Waals surface area contributed by atoms with Gasteiger partial charge in [-0.3, -0.25) is 4.79 Å². The summed E-state index contributed by atoms with van der Waals surface area (Å²) in [6.45, 7) is 0. The Morgan fingerprint density at radius 3 is 2.71 bits per heavy atom. The molecule has 0 fully saturated rings. The molecule has 1 amide bonds. The Morgan fingerprint density at radius 1 is 1.59 bits per heavy atom. The smallest absolute Gasteiger partial charge is 0.331 e. The van der Waals surface area contributed by atoms with Crippen molar-refractivity contribution in [1.29, 1.82) is 0 Å². The van der Waals surface area contributed by atoms with Gasteiger partial charge in [0.25, 0.3) is 0 Å². The lowest BCUT2D eigenvalue weighted by Crippen LogP contribution is -2.30. The highest BCUT2D eigenvalue weighted by Crippen LogP contribution is 2.34. The Hall–Kier alpha value is -1.75. The summed E-state index contributed by atoms with van der Waals surface area (Å²) in [4.78, 5) is 22.9. The molecule has 0 saturated carbocycles. The zero-order chi connectivity index (χ0) is 13.0. The fraction of sp³-hybridized carbons (Fsp3) is 0.273. The quantitative estimate of drug-likeness (QED) is 0.813. The maximum Gasteiger partial charge on any atom is 0.331 e. The summed E-state index contributed by atoms with van der Waals surface area (Å²) in [5.74, 6) is -0.843. The Balaban J connectivity index is 3.36. The third-order valence-electron chi connectivity index (χ3n) is 2.31. The first kappa shape index (κ1) is 13.3. The van der Waals surface area contributed by atoms with Gasteiger partial charge < -0.3 is 14.7 Å². The number of carbonyl (C=O) groups is 2. The lowest BCUT2D eigenvalue weighted by atomic mass is 10.0. The molecule has 0 aliphatic carbocycles. The van der Waals surface area contributed by atoms with Crippen LogP contribution in [0.15, 0.2) is 18.2 Å². The zero-order valence-corrected chi connectivity index (χ0v) is 10.1. The average molecular weight is 258 g/mol. The van der Waals surface area contributed by atoms with Crippen molar-refractivity contribution in [2.75, 3.05) is 14.2 Å². The summed E-state index contributed by atoms with van der Waals surface area (Å²) in [6, 6.07) is 3.62. The predicted octanol–water partition coefficient (Wildman–Crippen LogP) is 1.56. The Kier molecular flexibility index (Phi) is 4.34. The Bertz CT molecular complexity index is 435. The van der Waals surface area contributed by atoms with E-state index in [9.17, 15) is 9.59 Å². The molecule has 0 heterocycles. The van der Waals surface area contributed by atoms with Crippen molar-refractivity contribution in [3.63, 3.8) is 0 Å². The van der Waals surface area contributed by atoms with Crippen LogP contribution in [0.4, 0.5) is 0 Å². The molecule has 6 heteroatoms. The molecule has 92 valence electrons. The SMILES string of the molecule is COc1cccc(Cl)c1C(C(=O)O)N(C)C=O. The van der Waals surface area contributed by atoms with Crippen molar-refractivity contribution in [3.8, 4) is 5.75 Å². The summed E-state index contributed by atoms with van der Waals surface area (Å²) < 4.78 is 5.06. The van der Waals surface area contributed by atoms with E-state index in [2.05, 4.69) is 0 Å². The van der Waals surface area contributed by atoms with Gasteiger partial charge in [0.05, 0.1) is 12.1 Å². The highest BCUT2D eigenvalue weighted by atomic mass is 35.5. The lowest BCUT2D eigenvalue weighted by molar-refractivity contribution is -0.145. The monoisotopic (exact) mass is 257 g/mol. The standard InChI is InChI=1S/C11H12ClNO4/c1-13(6-14)10(11(15)16)9-7(12)4-3-5-8(9)17-2/h3-6,10H,1-2H3,(H,15,16).